The van der Waals surface area contributed by atoms with Crippen molar-refractivity contribution in [3.8, 4) is 0 Å². The Hall–Kier alpha value is -0.600. The first-order chi connectivity index (χ1) is 14.6. The Morgan fingerprint density at radius 2 is 1.71 bits per heavy atom. The quantitative estimate of drug-likeness (QED) is 0.460. The number of hydrogen-bond donors (Lipinski definition) is 2. The summed E-state index contributed by atoms with van der Waals surface area (Å²) in [6, 6.07) is 0. The average molecular weight is 429 g/mol. The van der Waals surface area contributed by atoms with E-state index in [0.717, 1.165) is 25.7 Å². The molecule has 176 valence electrons. The Morgan fingerprint density at radius 1 is 0.968 bits per heavy atom. The Bertz CT molecular complexity index is 748. The Labute approximate surface area is 191 Å². The first-order valence-electron chi connectivity index (χ1n) is 13.2. The molecule has 4 rings (SSSR count). The highest BCUT2D eigenvalue weighted by Gasteiger charge is 2.63. The van der Waals surface area contributed by atoms with Crippen LogP contribution in [-0.4, -0.2) is 22.9 Å². The number of aliphatic hydroxyl groups is 2. The van der Waals surface area contributed by atoms with E-state index in [-0.39, 0.29) is 22.3 Å². The average Bonchev–Trinajstić information content (AvgIpc) is 3.00. The normalized spacial score (nSPS) is 45.4. The van der Waals surface area contributed by atoms with Gasteiger partial charge in [-0.05, 0) is 111 Å². The second kappa shape index (κ2) is 8.01. The maximum absolute atomic E-state index is 10.8. The lowest BCUT2D eigenvalue weighted by atomic mass is 9.43. The molecule has 0 aromatic heterocycles. The predicted molar refractivity (Wildman–Crippen MR) is 130 cm³/mol. The van der Waals surface area contributed by atoms with Crippen molar-refractivity contribution in [2.45, 2.75) is 112 Å². The first-order valence-corrected chi connectivity index (χ1v) is 13.2. The monoisotopic (exact) mass is 428 g/mol. The van der Waals surface area contributed by atoms with Gasteiger partial charge in [-0.2, -0.15) is 0 Å². The third-order valence-corrected chi connectivity index (χ3v) is 11.5. The lowest BCUT2D eigenvalue weighted by Gasteiger charge is -2.62. The molecule has 31 heavy (non-hydrogen) atoms. The summed E-state index contributed by atoms with van der Waals surface area (Å²) in [6.07, 6.45) is 16.1. The van der Waals surface area contributed by atoms with Gasteiger partial charge in [-0.1, -0.05) is 57.9 Å². The number of aliphatic hydroxyl groups excluding tert-OH is 2. The zero-order valence-corrected chi connectivity index (χ0v) is 21.1. The third kappa shape index (κ3) is 3.25. The second-order valence-corrected chi connectivity index (χ2v) is 12.8. The molecule has 7 atom stereocenters. The molecular formula is C29H48O2. The molecule has 2 saturated carbocycles. The summed E-state index contributed by atoms with van der Waals surface area (Å²) >= 11 is 0. The van der Waals surface area contributed by atoms with Crippen LogP contribution in [0.4, 0.5) is 0 Å². The Kier molecular flexibility index (Phi) is 6.09. The molecule has 2 heteroatoms. The highest BCUT2D eigenvalue weighted by atomic mass is 16.3. The summed E-state index contributed by atoms with van der Waals surface area (Å²) in [5.74, 6) is 1.66. The van der Waals surface area contributed by atoms with Crippen molar-refractivity contribution >= 4 is 0 Å². The van der Waals surface area contributed by atoms with Crippen LogP contribution in [0.3, 0.4) is 0 Å². The van der Waals surface area contributed by atoms with Gasteiger partial charge < -0.3 is 10.2 Å². The van der Waals surface area contributed by atoms with Crippen molar-refractivity contribution in [2.75, 3.05) is 6.61 Å². The zero-order chi connectivity index (χ0) is 22.7. The molecule has 3 unspecified atom stereocenters. The molecule has 0 bridgehead atoms. The van der Waals surface area contributed by atoms with Crippen molar-refractivity contribution in [3.63, 3.8) is 0 Å². The van der Waals surface area contributed by atoms with Gasteiger partial charge in [0, 0.05) is 6.61 Å². The molecule has 0 saturated heterocycles. The van der Waals surface area contributed by atoms with Crippen molar-refractivity contribution in [1.82, 2.24) is 0 Å². The Balaban J connectivity index is 1.68. The summed E-state index contributed by atoms with van der Waals surface area (Å²) in [5.41, 5.74) is 4.47. The number of rotatable bonds is 5. The lowest BCUT2D eigenvalue weighted by Crippen LogP contribution is -2.55. The molecule has 0 radical (unpaired) electrons. The maximum atomic E-state index is 10.8. The first kappa shape index (κ1) is 23.6. The minimum Gasteiger partial charge on any atom is -0.396 e. The predicted octanol–water partition coefficient (Wildman–Crippen LogP) is 7.06. The molecule has 2 nitrogen and oxygen atoms in total. The van der Waals surface area contributed by atoms with Crippen molar-refractivity contribution in [2.24, 2.45) is 39.4 Å². The molecule has 2 fully saturated rings. The summed E-state index contributed by atoms with van der Waals surface area (Å²) in [5, 5.41) is 21.1. The highest BCUT2D eigenvalue weighted by Crippen LogP contribution is 2.72. The highest BCUT2D eigenvalue weighted by molar-refractivity contribution is 5.38. The lowest BCUT2D eigenvalue weighted by molar-refractivity contribution is -0.0966. The van der Waals surface area contributed by atoms with E-state index in [1.54, 1.807) is 11.1 Å². The van der Waals surface area contributed by atoms with Gasteiger partial charge in [0.25, 0.3) is 0 Å². The molecule has 0 heterocycles. The molecule has 2 N–H and O–H groups in total. The molecule has 4 aliphatic rings. The van der Waals surface area contributed by atoms with Crippen LogP contribution in [0.5, 0.6) is 0 Å². The van der Waals surface area contributed by atoms with Crippen LogP contribution in [-0.2, 0) is 0 Å². The molecule has 0 aliphatic heterocycles. The van der Waals surface area contributed by atoms with Crippen molar-refractivity contribution in [1.29, 1.82) is 0 Å². The van der Waals surface area contributed by atoms with Gasteiger partial charge in [0.1, 0.15) is 0 Å². The van der Waals surface area contributed by atoms with Crippen LogP contribution >= 0.6 is 0 Å². The van der Waals surface area contributed by atoms with E-state index in [1.807, 2.05) is 0 Å². The van der Waals surface area contributed by atoms with E-state index >= 15 is 0 Å². The summed E-state index contributed by atoms with van der Waals surface area (Å²) in [6.45, 7) is 14.8. The standard InChI is InChI=1S/C29H48O2/c1-7-8-9-10-20(19-30)21-13-17-29(6)23-11-12-24-26(2,3)25(31)15-16-27(24,4)22(23)14-18-28(21,29)5/h7-8,20-21,24-25,30-31H,9-19H2,1-6H3/b8-7-/t20?,21?,24?,25-,27+,28+,29-/m0/s1. The van der Waals surface area contributed by atoms with Crippen molar-refractivity contribution in [3.05, 3.63) is 23.3 Å². The fourth-order valence-electron chi connectivity index (χ4n) is 9.37. The fraction of sp³-hybridized carbons (Fsp3) is 0.862. The topological polar surface area (TPSA) is 40.5 Å². The maximum Gasteiger partial charge on any atom is 0.0594 e. The largest absolute Gasteiger partial charge is 0.396 e. The van der Waals surface area contributed by atoms with Gasteiger partial charge in [-0.15, -0.1) is 0 Å². The van der Waals surface area contributed by atoms with Gasteiger partial charge in [0.2, 0.25) is 0 Å². The number of hydrogen-bond acceptors (Lipinski definition) is 2. The molecule has 0 aromatic carbocycles. The van der Waals surface area contributed by atoms with Gasteiger partial charge >= 0.3 is 0 Å². The van der Waals surface area contributed by atoms with E-state index in [2.05, 4.69) is 53.7 Å². The number of fused-ring (bicyclic) bond motifs is 4. The molecule has 4 aliphatic carbocycles. The van der Waals surface area contributed by atoms with Crippen LogP contribution < -0.4 is 0 Å². The Morgan fingerprint density at radius 3 is 2.39 bits per heavy atom. The summed E-state index contributed by atoms with van der Waals surface area (Å²) < 4.78 is 0. The van der Waals surface area contributed by atoms with Crippen LogP contribution in [0.15, 0.2) is 23.3 Å². The number of allylic oxidation sites excluding steroid dienone is 4. The van der Waals surface area contributed by atoms with Crippen LogP contribution in [0.25, 0.3) is 0 Å². The van der Waals surface area contributed by atoms with Gasteiger partial charge in [0.15, 0.2) is 0 Å². The molecular weight excluding hydrogens is 380 g/mol. The second-order valence-electron chi connectivity index (χ2n) is 12.8. The fourth-order valence-corrected chi connectivity index (χ4v) is 9.37. The van der Waals surface area contributed by atoms with E-state index in [1.165, 1.54) is 38.5 Å². The third-order valence-electron chi connectivity index (χ3n) is 11.5. The van der Waals surface area contributed by atoms with Crippen LogP contribution in [0, 0.1) is 39.4 Å². The van der Waals surface area contributed by atoms with E-state index in [4.69, 9.17) is 0 Å². The zero-order valence-electron chi connectivity index (χ0n) is 21.1. The molecule has 0 amide bonds. The minimum absolute atomic E-state index is 0.0141. The van der Waals surface area contributed by atoms with E-state index in [9.17, 15) is 10.2 Å². The SMILES string of the molecule is C/C=C\CCC(CO)C1CC[C@@]2(C)C3=C(CC[C@]12C)[C@@]1(C)CC[C@H](O)C(C)(C)C1CC3. The van der Waals surface area contributed by atoms with E-state index in [0.29, 0.717) is 29.8 Å². The molecule has 0 aromatic rings. The van der Waals surface area contributed by atoms with Crippen LogP contribution in [0.1, 0.15) is 106 Å². The van der Waals surface area contributed by atoms with Gasteiger partial charge in [0.05, 0.1) is 6.10 Å². The summed E-state index contributed by atoms with van der Waals surface area (Å²) in [4.78, 5) is 0. The van der Waals surface area contributed by atoms with Crippen molar-refractivity contribution < 1.29 is 10.2 Å². The van der Waals surface area contributed by atoms with Crippen LogP contribution in [0.2, 0.25) is 0 Å². The van der Waals surface area contributed by atoms with E-state index < -0.39 is 0 Å². The van der Waals surface area contributed by atoms with Gasteiger partial charge in [-0.3, -0.25) is 0 Å². The smallest absolute Gasteiger partial charge is 0.0594 e. The minimum atomic E-state index is -0.157. The molecule has 0 spiro atoms. The summed E-state index contributed by atoms with van der Waals surface area (Å²) in [7, 11) is 0. The van der Waals surface area contributed by atoms with Gasteiger partial charge in [-0.25, -0.2) is 0 Å².